The van der Waals surface area contributed by atoms with Crippen LogP contribution >= 0.6 is 0 Å². The van der Waals surface area contributed by atoms with Crippen molar-refractivity contribution in [2.75, 3.05) is 24.7 Å². The summed E-state index contributed by atoms with van der Waals surface area (Å²) < 4.78 is 22.8. The normalized spacial score (nSPS) is 12.9. The summed E-state index contributed by atoms with van der Waals surface area (Å²) in [7, 11) is -1.30. The average Bonchev–Trinajstić information content (AvgIpc) is 2.47. The molecule has 2 aromatic carbocycles. The molecule has 1 unspecified atom stereocenters. The molecule has 0 saturated carbocycles. The second-order valence-corrected chi connectivity index (χ2v) is 7.09. The van der Waals surface area contributed by atoms with Gasteiger partial charge < -0.3 is 10.0 Å². The van der Waals surface area contributed by atoms with Crippen LogP contribution in [0.2, 0.25) is 0 Å². The van der Waals surface area contributed by atoms with Crippen molar-refractivity contribution >= 4 is 15.5 Å². The van der Waals surface area contributed by atoms with Crippen molar-refractivity contribution in [3.63, 3.8) is 0 Å². The van der Waals surface area contributed by atoms with E-state index in [-0.39, 0.29) is 4.90 Å². The van der Waals surface area contributed by atoms with Gasteiger partial charge in [0.05, 0.1) is 11.0 Å². The molecule has 0 fully saturated rings. The highest BCUT2D eigenvalue weighted by atomic mass is 32.2. The Morgan fingerprint density at radius 1 is 1.05 bits per heavy atom. The Hall–Kier alpha value is -1.85. The molecule has 1 atom stereocenters. The Bertz CT molecular complexity index is 681. The Labute approximate surface area is 125 Å². The first kappa shape index (κ1) is 15.5. The lowest BCUT2D eigenvalue weighted by atomic mass is 10.1. The summed E-state index contributed by atoms with van der Waals surface area (Å²) in [4.78, 5) is 2.21. The SMILES string of the molecule is CN(CC(O)c1ccc(S(C)(=O)=O)cc1)c1ccccc1. The number of aliphatic hydroxyl groups is 1. The Morgan fingerprint density at radius 3 is 2.14 bits per heavy atom. The first-order valence-corrected chi connectivity index (χ1v) is 8.51. The number of para-hydroxylation sites is 1. The van der Waals surface area contributed by atoms with E-state index in [1.165, 1.54) is 18.4 Å². The van der Waals surface area contributed by atoms with Crippen molar-refractivity contribution in [3.8, 4) is 0 Å². The summed E-state index contributed by atoms with van der Waals surface area (Å²) in [6.07, 6.45) is 0.491. The molecule has 0 spiro atoms. The highest BCUT2D eigenvalue weighted by Crippen LogP contribution is 2.20. The number of anilines is 1. The highest BCUT2D eigenvalue weighted by Gasteiger charge is 2.13. The van der Waals surface area contributed by atoms with Crippen molar-refractivity contribution in [1.82, 2.24) is 0 Å². The van der Waals surface area contributed by atoms with Gasteiger partial charge in [-0.25, -0.2) is 8.42 Å². The van der Waals surface area contributed by atoms with Crippen molar-refractivity contribution in [3.05, 3.63) is 60.2 Å². The molecule has 0 bridgehead atoms. The average molecular weight is 305 g/mol. The van der Waals surface area contributed by atoms with Crippen LogP contribution in [-0.2, 0) is 9.84 Å². The van der Waals surface area contributed by atoms with E-state index < -0.39 is 15.9 Å². The summed E-state index contributed by atoms with van der Waals surface area (Å²) in [5.74, 6) is 0. The highest BCUT2D eigenvalue weighted by molar-refractivity contribution is 7.90. The third kappa shape index (κ3) is 4.06. The van der Waals surface area contributed by atoms with Gasteiger partial charge in [0.25, 0.3) is 0 Å². The third-order valence-corrected chi connectivity index (χ3v) is 4.47. The zero-order chi connectivity index (χ0) is 15.5. The molecule has 2 aromatic rings. The predicted octanol–water partition coefficient (Wildman–Crippen LogP) is 2.26. The van der Waals surface area contributed by atoms with E-state index in [1.54, 1.807) is 12.1 Å². The van der Waals surface area contributed by atoms with Gasteiger partial charge in [-0.05, 0) is 29.8 Å². The molecular formula is C16H19NO3S. The fourth-order valence-electron chi connectivity index (χ4n) is 2.09. The molecule has 1 N–H and O–H groups in total. The molecule has 21 heavy (non-hydrogen) atoms. The number of sulfone groups is 1. The second-order valence-electron chi connectivity index (χ2n) is 5.07. The van der Waals surface area contributed by atoms with Crippen LogP contribution in [0.15, 0.2) is 59.5 Å². The van der Waals surface area contributed by atoms with Crippen LogP contribution in [0, 0.1) is 0 Å². The largest absolute Gasteiger partial charge is 0.387 e. The van der Waals surface area contributed by atoms with Crippen LogP contribution in [0.25, 0.3) is 0 Å². The number of hydrogen-bond donors (Lipinski definition) is 1. The van der Waals surface area contributed by atoms with Crippen LogP contribution in [-0.4, -0.2) is 33.4 Å². The van der Waals surface area contributed by atoms with Crippen molar-refractivity contribution < 1.29 is 13.5 Å². The van der Waals surface area contributed by atoms with E-state index in [2.05, 4.69) is 0 Å². The van der Waals surface area contributed by atoms with Gasteiger partial charge in [-0.2, -0.15) is 0 Å². The Morgan fingerprint density at radius 2 is 1.62 bits per heavy atom. The summed E-state index contributed by atoms with van der Waals surface area (Å²) in [6, 6.07) is 16.1. The Balaban J connectivity index is 2.08. The fourth-order valence-corrected chi connectivity index (χ4v) is 2.72. The van der Waals surface area contributed by atoms with Crippen molar-refractivity contribution in [2.45, 2.75) is 11.0 Å². The lowest BCUT2D eigenvalue weighted by Gasteiger charge is -2.23. The lowest BCUT2D eigenvalue weighted by molar-refractivity contribution is 0.185. The molecule has 0 amide bonds. The number of likely N-dealkylation sites (N-methyl/N-ethyl adjacent to an activating group) is 1. The van der Waals surface area contributed by atoms with Crippen molar-refractivity contribution in [2.24, 2.45) is 0 Å². The maximum absolute atomic E-state index is 11.4. The maximum Gasteiger partial charge on any atom is 0.175 e. The molecule has 0 heterocycles. The summed E-state index contributed by atoms with van der Waals surface area (Å²) in [5.41, 5.74) is 1.72. The van der Waals surface area contributed by atoms with Gasteiger partial charge in [-0.1, -0.05) is 30.3 Å². The number of hydrogen-bond acceptors (Lipinski definition) is 4. The molecule has 0 saturated heterocycles. The van der Waals surface area contributed by atoms with Crippen LogP contribution in [0.5, 0.6) is 0 Å². The van der Waals surface area contributed by atoms with Crippen molar-refractivity contribution in [1.29, 1.82) is 0 Å². The molecule has 112 valence electrons. The first-order chi connectivity index (χ1) is 9.88. The topological polar surface area (TPSA) is 57.6 Å². The van der Waals surface area contributed by atoms with Gasteiger partial charge in [0, 0.05) is 25.5 Å². The maximum atomic E-state index is 11.4. The summed E-state index contributed by atoms with van der Waals surface area (Å²) in [6.45, 7) is 0.433. The molecule has 5 heteroatoms. The minimum absolute atomic E-state index is 0.259. The fraction of sp³-hybridized carbons (Fsp3) is 0.250. The molecular weight excluding hydrogens is 286 g/mol. The van der Waals surface area contributed by atoms with Gasteiger partial charge >= 0.3 is 0 Å². The molecule has 0 aliphatic carbocycles. The van der Waals surface area contributed by atoms with Gasteiger partial charge in [0.1, 0.15) is 0 Å². The number of nitrogens with zero attached hydrogens (tertiary/aromatic N) is 1. The molecule has 0 aromatic heterocycles. The molecule has 0 aliphatic heterocycles. The minimum Gasteiger partial charge on any atom is -0.387 e. The predicted molar refractivity (Wildman–Crippen MR) is 84.2 cm³/mol. The zero-order valence-corrected chi connectivity index (χ0v) is 12.9. The number of rotatable bonds is 5. The van der Waals surface area contributed by atoms with E-state index in [1.807, 2.05) is 42.3 Å². The summed E-state index contributed by atoms with van der Waals surface area (Å²) >= 11 is 0. The van der Waals surface area contributed by atoms with Gasteiger partial charge in [-0.3, -0.25) is 0 Å². The van der Waals surface area contributed by atoms with E-state index in [4.69, 9.17) is 0 Å². The van der Waals surface area contributed by atoms with E-state index in [0.29, 0.717) is 12.1 Å². The monoisotopic (exact) mass is 305 g/mol. The van der Waals surface area contributed by atoms with E-state index in [9.17, 15) is 13.5 Å². The molecule has 0 aliphatic rings. The standard InChI is InChI=1S/C16H19NO3S/c1-17(14-6-4-3-5-7-14)12-16(18)13-8-10-15(11-9-13)21(2,19)20/h3-11,16,18H,12H2,1-2H3. The number of benzene rings is 2. The Kier molecular flexibility index (Phi) is 4.65. The minimum atomic E-state index is -3.20. The quantitative estimate of drug-likeness (QED) is 0.920. The smallest absolute Gasteiger partial charge is 0.175 e. The first-order valence-electron chi connectivity index (χ1n) is 6.62. The molecule has 0 radical (unpaired) electrons. The number of aliphatic hydroxyl groups excluding tert-OH is 1. The van der Waals surface area contributed by atoms with Crippen LogP contribution in [0.3, 0.4) is 0 Å². The second kappa shape index (κ2) is 6.28. The van der Waals surface area contributed by atoms with Crippen LogP contribution < -0.4 is 4.90 Å². The van der Waals surface area contributed by atoms with Gasteiger partial charge in [0.15, 0.2) is 9.84 Å². The summed E-state index contributed by atoms with van der Waals surface area (Å²) in [5, 5.41) is 10.3. The zero-order valence-electron chi connectivity index (χ0n) is 12.1. The molecule has 2 rings (SSSR count). The van der Waals surface area contributed by atoms with Gasteiger partial charge in [0.2, 0.25) is 0 Å². The van der Waals surface area contributed by atoms with E-state index in [0.717, 1.165) is 5.69 Å². The van der Waals surface area contributed by atoms with Crippen LogP contribution in [0.4, 0.5) is 5.69 Å². The van der Waals surface area contributed by atoms with E-state index >= 15 is 0 Å². The van der Waals surface area contributed by atoms with Crippen LogP contribution in [0.1, 0.15) is 11.7 Å². The third-order valence-electron chi connectivity index (χ3n) is 3.34. The lowest BCUT2D eigenvalue weighted by Crippen LogP contribution is -2.24. The van der Waals surface area contributed by atoms with Gasteiger partial charge in [-0.15, -0.1) is 0 Å². The molecule has 4 nitrogen and oxygen atoms in total.